The van der Waals surface area contributed by atoms with Gasteiger partial charge in [0.1, 0.15) is 0 Å². The van der Waals surface area contributed by atoms with Crippen LogP contribution in [0.15, 0.2) is 77.4 Å². The summed E-state index contributed by atoms with van der Waals surface area (Å²) in [5.41, 5.74) is 3.11. The average Bonchev–Trinajstić information content (AvgIpc) is 3.33. The zero-order chi connectivity index (χ0) is 21.6. The number of benzene rings is 2. The molecule has 1 aliphatic rings. The second-order valence-electron chi connectivity index (χ2n) is 7.85. The lowest BCUT2D eigenvalue weighted by Crippen LogP contribution is -2.51. The summed E-state index contributed by atoms with van der Waals surface area (Å²) >= 11 is 0. The topological polar surface area (TPSA) is 57.0 Å². The first-order chi connectivity index (χ1) is 15.1. The highest BCUT2D eigenvalue weighted by Gasteiger charge is 2.26. The molecule has 0 radical (unpaired) electrons. The minimum absolute atomic E-state index is 0.0558. The van der Waals surface area contributed by atoms with Gasteiger partial charge in [-0.25, -0.2) is 0 Å². The van der Waals surface area contributed by atoms with Crippen LogP contribution in [0.2, 0.25) is 0 Å². The smallest absolute Gasteiger partial charge is 0.289 e. The summed E-state index contributed by atoms with van der Waals surface area (Å²) in [5.74, 6) is 0.319. The van der Waals surface area contributed by atoms with Gasteiger partial charge in [0.15, 0.2) is 5.76 Å². The molecule has 3 aromatic rings. The molecule has 0 N–H and O–H groups in total. The number of nitrogens with zero attached hydrogens (tertiary/aromatic N) is 3. The zero-order valence-corrected chi connectivity index (χ0v) is 17.7. The van der Waals surface area contributed by atoms with Gasteiger partial charge in [0, 0.05) is 31.9 Å². The minimum atomic E-state index is -0.0959. The van der Waals surface area contributed by atoms with E-state index in [2.05, 4.69) is 4.90 Å². The van der Waals surface area contributed by atoms with E-state index in [0.717, 1.165) is 16.8 Å². The van der Waals surface area contributed by atoms with Crippen molar-refractivity contribution in [1.29, 1.82) is 0 Å². The first-order valence-corrected chi connectivity index (χ1v) is 10.6. The van der Waals surface area contributed by atoms with Gasteiger partial charge in [0.05, 0.1) is 19.4 Å². The van der Waals surface area contributed by atoms with Crippen molar-refractivity contribution in [3.8, 4) is 0 Å². The molecule has 0 atom stereocenters. The molecule has 31 heavy (non-hydrogen) atoms. The van der Waals surface area contributed by atoms with Crippen LogP contribution in [-0.2, 0) is 11.3 Å². The van der Waals surface area contributed by atoms with Gasteiger partial charge >= 0.3 is 0 Å². The highest BCUT2D eigenvalue weighted by atomic mass is 16.3. The fourth-order valence-corrected chi connectivity index (χ4v) is 3.83. The molecule has 6 nitrogen and oxygen atoms in total. The van der Waals surface area contributed by atoms with E-state index in [0.29, 0.717) is 45.0 Å². The van der Waals surface area contributed by atoms with Gasteiger partial charge < -0.3 is 14.2 Å². The van der Waals surface area contributed by atoms with Gasteiger partial charge in [-0.15, -0.1) is 0 Å². The predicted molar refractivity (Wildman–Crippen MR) is 120 cm³/mol. The summed E-state index contributed by atoms with van der Waals surface area (Å²) in [4.78, 5) is 31.5. The normalized spacial score (nSPS) is 14.4. The third-order valence-electron chi connectivity index (χ3n) is 5.55. The van der Waals surface area contributed by atoms with Crippen LogP contribution in [0, 0.1) is 6.92 Å². The molecular weight excluding hydrogens is 390 g/mol. The largest absolute Gasteiger partial charge is 0.459 e. The number of furan rings is 1. The number of carbonyl (C=O) groups excluding carboxylic acids is 2. The van der Waals surface area contributed by atoms with Crippen molar-refractivity contribution in [2.75, 3.05) is 37.6 Å². The number of carbonyl (C=O) groups is 2. The van der Waals surface area contributed by atoms with Crippen LogP contribution in [0.4, 0.5) is 5.69 Å². The van der Waals surface area contributed by atoms with Crippen molar-refractivity contribution in [1.82, 2.24) is 9.80 Å². The average molecular weight is 418 g/mol. The van der Waals surface area contributed by atoms with Crippen molar-refractivity contribution in [3.63, 3.8) is 0 Å². The lowest BCUT2D eigenvalue weighted by Gasteiger charge is -2.35. The molecule has 1 saturated heterocycles. The Morgan fingerprint density at radius 2 is 1.71 bits per heavy atom. The maximum atomic E-state index is 13.3. The first kappa shape index (κ1) is 20.9. The van der Waals surface area contributed by atoms with E-state index in [9.17, 15) is 9.59 Å². The maximum Gasteiger partial charge on any atom is 0.289 e. The Bertz CT molecular complexity index is 1010. The molecule has 2 amide bonds. The van der Waals surface area contributed by atoms with Crippen molar-refractivity contribution in [2.24, 2.45) is 0 Å². The van der Waals surface area contributed by atoms with E-state index in [-0.39, 0.29) is 11.8 Å². The van der Waals surface area contributed by atoms with Crippen LogP contribution in [0.25, 0.3) is 0 Å². The predicted octanol–water partition coefficient (Wildman–Crippen LogP) is 3.58. The first-order valence-electron chi connectivity index (χ1n) is 10.6. The van der Waals surface area contributed by atoms with Gasteiger partial charge in [-0.3, -0.25) is 14.5 Å². The number of amides is 2. The molecule has 1 fully saturated rings. The monoisotopic (exact) mass is 417 g/mol. The Morgan fingerprint density at radius 1 is 0.935 bits per heavy atom. The van der Waals surface area contributed by atoms with Gasteiger partial charge in [-0.05, 0) is 42.3 Å². The molecule has 2 heterocycles. The molecular formula is C25H27N3O3. The summed E-state index contributed by atoms with van der Waals surface area (Å²) in [6.07, 6.45) is 1.51. The molecule has 2 aromatic carbocycles. The van der Waals surface area contributed by atoms with Gasteiger partial charge in [-0.2, -0.15) is 0 Å². The van der Waals surface area contributed by atoms with Gasteiger partial charge in [0.2, 0.25) is 5.91 Å². The lowest BCUT2D eigenvalue weighted by atomic mass is 10.1. The number of anilines is 1. The van der Waals surface area contributed by atoms with Gasteiger partial charge in [-0.1, -0.05) is 42.5 Å². The molecule has 160 valence electrons. The molecule has 0 spiro atoms. The lowest BCUT2D eigenvalue weighted by molar-refractivity contribution is -0.120. The molecule has 4 rings (SSSR count). The summed E-state index contributed by atoms with van der Waals surface area (Å²) < 4.78 is 5.22. The number of hydrogen-bond acceptors (Lipinski definition) is 4. The summed E-state index contributed by atoms with van der Waals surface area (Å²) in [6.45, 7) is 5.36. The number of hydrogen-bond donors (Lipinski definition) is 0. The van der Waals surface area contributed by atoms with Crippen LogP contribution in [-0.4, -0.2) is 54.3 Å². The summed E-state index contributed by atoms with van der Waals surface area (Å²) in [7, 11) is 0. The van der Waals surface area contributed by atoms with E-state index >= 15 is 0 Å². The molecule has 0 saturated carbocycles. The Kier molecular flexibility index (Phi) is 6.48. The third kappa shape index (κ3) is 5.22. The Morgan fingerprint density at radius 3 is 2.39 bits per heavy atom. The quantitative estimate of drug-likeness (QED) is 0.615. The van der Waals surface area contributed by atoms with E-state index in [1.54, 1.807) is 17.0 Å². The van der Waals surface area contributed by atoms with Crippen molar-refractivity contribution < 1.29 is 14.0 Å². The summed E-state index contributed by atoms with van der Waals surface area (Å²) in [5, 5.41) is 0. The molecule has 0 unspecified atom stereocenters. The van der Waals surface area contributed by atoms with Crippen LogP contribution in [0.3, 0.4) is 0 Å². The Balaban J connectivity index is 1.41. The SMILES string of the molecule is Cc1cccc(N(Cc2ccccc2)C(=O)CN2CCN(C(=O)c3ccco3)CC2)c1. The van der Waals surface area contributed by atoms with Crippen LogP contribution >= 0.6 is 0 Å². The van der Waals surface area contributed by atoms with Crippen LogP contribution < -0.4 is 4.90 Å². The van der Waals surface area contributed by atoms with Crippen LogP contribution in [0.1, 0.15) is 21.7 Å². The molecule has 6 heteroatoms. The summed E-state index contributed by atoms with van der Waals surface area (Å²) in [6, 6.07) is 21.5. The molecule has 1 aliphatic heterocycles. The van der Waals surface area contributed by atoms with Crippen molar-refractivity contribution in [2.45, 2.75) is 13.5 Å². The van der Waals surface area contributed by atoms with E-state index in [1.807, 2.05) is 66.4 Å². The molecule has 1 aromatic heterocycles. The van der Waals surface area contributed by atoms with E-state index < -0.39 is 0 Å². The highest BCUT2D eigenvalue weighted by Crippen LogP contribution is 2.20. The van der Waals surface area contributed by atoms with Gasteiger partial charge in [0.25, 0.3) is 5.91 Å². The second kappa shape index (κ2) is 9.62. The minimum Gasteiger partial charge on any atom is -0.459 e. The fraction of sp³-hybridized carbons (Fsp3) is 0.280. The molecule has 0 bridgehead atoms. The zero-order valence-electron chi connectivity index (χ0n) is 17.7. The third-order valence-corrected chi connectivity index (χ3v) is 5.55. The van der Waals surface area contributed by atoms with E-state index in [4.69, 9.17) is 4.42 Å². The number of aryl methyl sites for hydroxylation is 1. The second-order valence-corrected chi connectivity index (χ2v) is 7.85. The Hall–Kier alpha value is -3.38. The molecule has 0 aliphatic carbocycles. The number of rotatable bonds is 6. The standard InChI is InChI=1S/C25H27N3O3/c1-20-7-5-10-22(17-20)28(18-21-8-3-2-4-9-21)24(29)19-26-12-14-27(15-13-26)25(30)23-11-6-16-31-23/h2-11,16-17H,12-15,18-19H2,1H3. The van der Waals surface area contributed by atoms with Crippen molar-refractivity contribution in [3.05, 3.63) is 89.9 Å². The number of piperazine rings is 1. The Labute approximate surface area is 182 Å². The van der Waals surface area contributed by atoms with E-state index in [1.165, 1.54) is 6.26 Å². The van der Waals surface area contributed by atoms with Crippen LogP contribution in [0.5, 0.6) is 0 Å². The maximum absolute atomic E-state index is 13.3. The fourth-order valence-electron chi connectivity index (χ4n) is 3.83. The van der Waals surface area contributed by atoms with Crippen molar-refractivity contribution >= 4 is 17.5 Å². The highest BCUT2D eigenvalue weighted by molar-refractivity contribution is 5.95.